The Morgan fingerprint density at radius 1 is 0.949 bits per heavy atom. The molecule has 0 spiro atoms. The van der Waals surface area contributed by atoms with Crippen LogP contribution in [-0.2, 0) is 4.74 Å². The number of piperazine rings is 1. The van der Waals surface area contributed by atoms with Crippen molar-refractivity contribution in [2.75, 3.05) is 73.6 Å². The van der Waals surface area contributed by atoms with Gasteiger partial charge in [0.1, 0.15) is 29.1 Å². The van der Waals surface area contributed by atoms with Crippen LogP contribution in [0.15, 0.2) is 36.8 Å². The maximum atomic E-state index is 13.9. The van der Waals surface area contributed by atoms with E-state index in [0.29, 0.717) is 23.6 Å². The number of morpholine rings is 1. The third kappa shape index (κ3) is 5.30. The van der Waals surface area contributed by atoms with Crippen molar-refractivity contribution in [2.45, 2.75) is 31.3 Å². The Balaban J connectivity index is 1.08. The average molecular weight is 533 g/mol. The topological polar surface area (TPSA) is 124 Å². The molecule has 0 bridgehead atoms. The molecule has 6 rings (SSSR count). The number of alkyl halides is 1. The number of hydrogen-bond acceptors (Lipinski definition) is 11. The Hall–Kier alpha value is -3.66. The lowest BCUT2D eigenvalue weighted by Gasteiger charge is -2.42. The summed E-state index contributed by atoms with van der Waals surface area (Å²) in [6.45, 7) is 8.54. The molecule has 12 heteroatoms. The molecule has 3 aromatic rings. The van der Waals surface area contributed by atoms with Gasteiger partial charge in [0, 0.05) is 70.9 Å². The SMILES string of the molecule is C[C@@H]1CN(c2ccc(C#N)c3nccnc23)C[C@H](CN2CCN(c3ccnc(N4C[C@@H](F)[C@@H](N)C4)n3)CC2)O1. The van der Waals surface area contributed by atoms with Crippen molar-refractivity contribution in [1.82, 2.24) is 24.8 Å². The summed E-state index contributed by atoms with van der Waals surface area (Å²) in [6, 6.07) is 7.44. The highest BCUT2D eigenvalue weighted by Gasteiger charge is 2.32. The van der Waals surface area contributed by atoms with Gasteiger partial charge in [0.25, 0.3) is 0 Å². The van der Waals surface area contributed by atoms with Crippen LogP contribution in [0.3, 0.4) is 0 Å². The van der Waals surface area contributed by atoms with Gasteiger partial charge in [-0.15, -0.1) is 0 Å². The van der Waals surface area contributed by atoms with Gasteiger partial charge in [0.2, 0.25) is 5.95 Å². The highest BCUT2D eigenvalue weighted by Crippen LogP contribution is 2.29. The van der Waals surface area contributed by atoms with Gasteiger partial charge in [-0.2, -0.15) is 10.2 Å². The van der Waals surface area contributed by atoms with Gasteiger partial charge >= 0.3 is 0 Å². The van der Waals surface area contributed by atoms with Crippen molar-refractivity contribution < 1.29 is 9.13 Å². The van der Waals surface area contributed by atoms with E-state index in [0.717, 1.165) is 62.8 Å². The second-order valence-corrected chi connectivity index (χ2v) is 10.6. The summed E-state index contributed by atoms with van der Waals surface area (Å²) in [4.78, 5) is 26.9. The number of ether oxygens (including phenoxy) is 1. The van der Waals surface area contributed by atoms with E-state index in [4.69, 9.17) is 15.5 Å². The molecule has 3 aliphatic heterocycles. The molecule has 3 aliphatic rings. The first-order valence-electron chi connectivity index (χ1n) is 13.5. The molecule has 5 heterocycles. The van der Waals surface area contributed by atoms with Gasteiger partial charge in [-0.3, -0.25) is 14.9 Å². The highest BCUT2D eigenvalue weighted by molar-refractivity contribution is 5.92. The number of rotatable bonds is 5. The van der Waals surface area contributed by atoms with Crippen LogP contribution in [0.5, 0.6) is 0 Å². The number of nitrogens with zero attached hydrogens (tertiary/aromatic N) is 9. The van der Waals surface area contributed by atoms with Gasteiger partial charge in [-0.1, -0.05) is 0 Å². The number of anilines is 3. The maximum absolute atomic E-state index is 13.9. The van der Waals surface area contributed by atoms with Crippen molar-refractivity contribution in [3.8, 4) is 6.07 Å². The molecule has 0 aliphatic carbocycles. The Labute approximate surface area is 227 Å². The summed E-state index contributed by atoms with van der Waals surface area (Å²) in [5.74, 6) is 1.40. The second-order valence-electron chi connectivity index (χ2n) is 10.6. The predicted octanol–water partition coefficient (Wildman–Crippen LogP) is 1.19. The molecular weight excluding hydrogens is 499 g/mol. The fourth-order valence-electron chi connectivity index (χ4n) is 5.80. The minimum absolute atomic E-state index is 0.0429. The van der Waals surface area contributed by atoms with Crippen molar-refractivity contribution in [3.05, 3.63) is 42.4 Å². The van der Waals surface area contributed by atoms with Crippen molar-refractivity contribution in [2.24, 2.45) is 5.73 Å². The van der Waals surface area contributed by atoms with E-state index in [1.165, 1.54) is 0 Å². The summed E-state index contributed by atoms with van der Waals surface area (Å²) < 4.78 is 20.3. The van der Waals surface area contributed by atoms with E-state index >= 15 is 0 Å². The van der Waals surface area contributed by atoms with Gasteiger partial charge in [0.05, 0.1) is 36.0 Å². The monoisotopic (exact) mass is 532 g/mol. The zero-order valence-electron chi connectivity index (χ0n) is 22.0. The van der Waals surface area contributed by atoms with E-state index in [2.05, 4.69) is 42.6 Å². The molecular formula is C27H33FN10O. The molecule has 0 unspecified atom stereocenters. The summed E-state index contributed by atoms with van der Waals surface area (Å²) in [6.07, 6.45) is 4.10. The molecule has 0 saturated carbocycles. The summed E-state index contributed by atoms with van der Waals surface area (Å²) in [7, 11) is 0. The lowest BCUT2D eigenvalue weighted by molar-refractivity contribution is -0.0327. The molecule has 0 radical (unpaired) electrons. The van der Waals surface area contributed by atoms with Crippen molar-refractivity contribution in [3.63, 3.8) is 0 Å². The first kappa shape index (κ1) is 25.6. The molecule has 3 fully saturated rings. The van der Waals surface area contributed by atoms with Crippen molar-refractivity contribution in [1.29, 1.82) is 5.26 Å². The summed E-state index contributed by atoms with van der Waals surface area (Å²) >= 11 is 0. The standard InChI is InChI=1S/C27H33FN10O/c1-18-13-37(23-3-2-19(12-29)25-26(23)32-7-6-31-25)15-20(39-18)14-35-8-10-36(11-9-35)24-4-5-33-27(34-24)38-16-21(28)22(30)17-38/h2-7,18,20-22H,8-11,13-17,30H2,1H3/t18-,20+,21-,22+/m1/s1. The minimum Gasteiger partial charge on any atom is -0.370 e. The average Bonchev–Trinajstić information content (AvgIpc) is 3.30. The molecule has 11 nitrogen and oxygen atoms in total. The van der Waals surface area contributed by atoms with Crippen LogP contribution >= 0.6 is 0 Å². The number of aromatic nitrogens is 4. The van der Waals surface area contributed by atoms with Gasteiger partial charge in [0.15, 0.2) is 0 Å². The highest BCUT2D eigenvalue weighted by atomic mass is 19.1. The molecule has 0 amide bonds. The Kier molecular flexibility index (Phi) is 7.12. The number of benzene rings is 1. The zero-order chi connectivity index (χ0) is 26.9. The van der Waals surface area contributed by atoms with Crippen LogP contribution < -0.4 is 20.4 Å². The molecule has 204 valence electrons. The van der Waals surface area contributed by atoms with Crippen LogP contribution in [0.2, 0.25) is 0 Å². The lowest BCUT2D eigenvalue weighted by atomic mass is 10.1. The van der Waals surface area contributed by atoms with E-state index in [9.17, 15) is 9.65 Å². The molecule has 4 atom stereocenters. The minimum atomic E-state index is -1.05. The van der Waals surface area contributed by atoms with E-state index < -0.39 is 12.2 Å². The van der Waals surface area contributed by atoms with Crippen LogP contribution in [0, 0.1) is 11.3 Å². The number of halogens is 1. The number of hydrogen-bond donors (Lipinski definition) is 1. The Bertz CT molecular complexity index is 1350. The van der Waals surface area contributed by atoms with E-state index in [1.807, 2.05) is 23.1 Å². The molecule has 3 saturated heterocycles. The molecule has 2 aromatic heterocycles. The number of fused-ring (bicyclic) bond motifs is 1. The van der Waals surface area contributed by atoms with Crippen LogP contribution in [0.4, 0.5) is 21.8 Å². The second kappa shape index (κ2) is 10.8. The van der Waals surface area contributed by atoms with Crippen LogP contribution in [0.25, 0.3) is 11.0 Å². The summed E-state index contributed by atoms with van der Waals surface area (Å²) in [5, 5.41) is 9.49. The normalized spacial score (nSPS) is 26.3. The zero-order valence-corrected chi connectivity index (χ0v) is 22.0. The largest absolute Gasteiger partial charge is 0.370 e. The lowest BCUT2D eigenvalue weighted by Crippen LogP contribution is -2.54. The smallest absolute Gasteiger partial charge is 0.227 e. The molecule has 39 heavy (non-hydrogen) atoms. The molecule has 1 aromatic carbocycles. The first-order valence-corrected chi connectivity index (χ1v) is 13.5. The third-order valence-electron chi connectivity index (χ3n) is 7.75. The maximum Gasteiger partial charge on any atom is 0.227 e. The van der Waals surface area contributed by atoms with Crippen LogP contribution in [-0.4, -0.2) is 108 Å². The van der Waals surface area contributed by atoms with Gasteiger partial charge in [-0.05, 0) is 25.1 Å². The van der Waals surface area contributed by atoms with Crippen LogP contribution in [0.1, 0.15) is 12.5 Å². The fourth-order valence-corrected chi connectivity index (χ4v) is 5.80. The Morgan fingerprint density at radius 2 is 1.74 bits per heavy atom. The molecule has 2 N–H and O–H groups in total. The van der Waals surface area contributed by atoms with E-state index in [-0.39, 0.29) is 18.8 Å². The third-order valence-corrected chi connectivity index (χ3v) is 7.75. The quantitative estimate of drug-likeness (QED) is 0.510. The van der Waals surface area contributed by atoms with Crippen molar-refractivity contribution >= 4 is 28.5 Å². The number of nitriles is 1. The van der Waals surface area contributed by atoms with Gasteiger partial charge in [-0.25, -0.2) is 9.37 Å². The summed E-state index contributed by atoms with van der Waals surface area (Å²) in [5.41, 5.74) is 8.75. The number of nitrogens with two attached hydrogens (primary N) is 1. The van der Waals surface area contributed by atoms with E-state index in [1.54, 1.807) is 18.6 Å². The first-order chi connectivity index (χ1) is 19.0. The fraction of sp³-hybridized carbons (Fsp3) is 0.519. The Morgan fingerprint density at radius 3 is 2.49 bits per heavy atom. The van der Waals surface area contributed by atoms with Gasteiger partial charge < -0.3 is 25.2 Å². The predicted molar refractivity (Wildman–Crippen MR) is 147 cm³/mol.